The number of halogens is 2. The molecule has 6 heteroatoms. The van der Waals surface area contributed by atoms with Crippen LogP contribution >= 0.6 is 24.0 Å². The molecule has 0 aliphatic heterocycles. The zero-order valence-corrected chi connectivity index (χ0v) is 11.5. The Balaban J connectivity index is 0.00000225. The van der Waals surface area contributed by atoms with Crippen molar-refractivity contribution in [1.82, 2.24) is 10.6 Å². The highest BCUT2D eigenvalue weighted by Gasteiger charge is 1.98. The zero-order chi connectivity index (χ0) is 10.9. The molecular formula is C10H17FIN3O. The van der Waals surface area contributed by atoms with Gasteiger partial charge in [0.25, 0.3) is 0 Å². The lowest BCUT2D eigenvalue weighted by Gasteiger charge is -2.09. The van der Waals surface area contributed by atoms with Crippen molar-refractivity contribution in [2.24, 2.45) is 4.99 Å². The number of hydrogen-bond acceptors (Lipinski definition) is 2. The highest BCUT2D eigenvalue weighted by atomic mass is 127. The Morgan fingerprint density at radius 3 is 2.88 bits per heavy atom. The summed E-state index contributed by atoms with van der Waals surface area (Å²) < 4.78 is 17.0. The van der Waals surface area contributed by atoms with E-state index in [9.17, 15) is 4.39 Å². The Bertz CT molecular complexity index is 290. The van der Waals surface area contributed by atoms with E-state index in [0.29, 0.717) is 25.5 Å². The summed E-state index contributed by atoms with van der Waals surface area (Å²) >= 11 is 0. The molecule has 0 aliphatic rings. The summed E-state index contributed by atoms with van der Waals surface area (Å²) in [5.41, 5.74) is 0. The summed E-state index contributed by atoms with van der Waals surface area (Å²) in [6.45, 7) is 0.832. The molecule has 1 aromatic rings. The number of nitrogens with zero attached hydrogens (tertiary/aromatic N) is 1. The monoisotopic (exact) mass is 341 g/mol. The molecule has 0 bridgehead atoms. The lowest BCUT2D eigenvalue weighted by Crippen LogP contribution is -2.37. The quantitative estimate of drug-likeness (QED) is 0.372. The first kappa shape index (κ1) is 15.2. The summed E-state index contributed by atoms with van der Waals surface area (Å²) in [7, 11) is 1.67. The fourth-order valence-corrected chi connectivity index (χ4v) is 1.08. The molecule has 0 aliphatic carbocycles. The van der Waals surface area contributed by atoms with Crippen LogP contribution in [0.2, 0.25) is 0 Å². The summed E-state index contributed by atoms with van der Waals surface area (Å²) in [6, 6.07) is 3.71. The third kappa shape index (κ3) is 5.94. The number of aliphatic imine (C=N–C) groups is 1. The van der Waals surface area contributed by atoms with Crippen molar-refractivity contribution >= 4 is 29.9 Å². The Kier molecular flexibility index (Phi) is 8.97. The molecule has 0 amide bonds. The Labute approximate surface area is 112 Å². The SMILES string of the molecule is CN=C(NCCCF)NCc1ccco1.I. The van der Waals surface area contributed by atoms with Crippen LogP contribution in [0.4, 0.5) is 4.39 Å². The average Bonchev–Trinajstić information content (AvgIpc) is 2.76. The summed E-state index contributed by atoms with van der Waals surface area (Å²) in [5.74, 6) is 1.49. The van der Waals surface area contributed by atoms with E-state index in [-0.39, 0.29) is 30.7 Å². The van der Waals surface area contributed by atoms with Crippen molar-refractivity contribution in [2.45, 2.75) is 13.0 Å². The minimum Gasteiger partial charge on any atom is -0.467 e. The minimum atomic E-state index is -0.317. The van der Waals surface area contributed by atoms with Crippen LogP contribution in [0.15, 0.2) is 27.8 Å². The molecule has 0 fully saturated rings. The highest BCUT2D eigenvalue weighted by molar-refractivity contribution is 14.0. The van der Waals surface area contributed by atoms with E-state index < -0.39 is 0 Å². The fraction of sp³-hybridized carbons (Fsp3) is 0.500. The van der Waals surface area contributed by atoms with Crippen LogP contribution in [0, 0.1) is 0 Å². The first-order chi connectivity index (χ1) is 7.36. The maximum atomic E-state index is 11.8. The van der Waals surface area contributed by atoms with Gasteiger partial charge in [-0.1, -0.05) is 0 Å². The lowest BCUT2D eigenvalue weighted by atomic mass is 10.4. The molecular weight excluding hydrogens is 324 g/mol. The first-order valence-corrected chi connectivity index (χ1v) is 4.89. The van der Waals surface area contributed by atoms with E-state index in [1.54, 1.807) is 13.3 Å². The van der Waals surface area contributed by atoms with Gasteiger partial charge in [0, 0.05) is 13.6 Å². The van der Waals surface area contributed by atoms with Crippen molar-refractivity contribution in [2.75, 3.05) is 20.3 Å². The van der Waals surface area contributed by atoms with Gasteiger partial charge in [-0.3, -0.25) is 9.38 Å². The number of nitrogens with one attached hydrogen (secondary N) is 2. The molecule has 1 rings (SSSR count). The second kappa shape index (κ2) is 9.44. The Morgan fingerprint density at radius 2 is 2.31 bits per heavy atom. The molecule has 4 nitrogen and oxygen atoms in total. The van der Waals surface area contributed by atoms with Gasteiger partial charge in [-0.05, 0) is 18.6 Å². The van der Waals surface area contributed by atoms with Crippen molar-refractivity contribution in [3.8, 4) is 0 Å². The number of rotatable bonds is 5. The standard InChI is InChI=1S/C10H16FN3O.HI/c1-12-10(13-6-3-5-11)14-8-9-4-2-7-15-9;/h2,4,7H,3,5-6,8H2,1H3,(H2,12,13,14);1H. The van der Waals surface area contributed by atoms with Crippen LogP contribution in [-0.4, -0.2) is 26.2 Å². The average molecular weight is 341 g/mol. The van der Waals surface area contributed by atoms with Crippen molar-refractivity contribution in [3.63, 3.8) is 0 Å². The van der Waals surface area contributed by atoms with Gasteiger partial charge in [0.05, 0.1) is 19.5 Å². The third-order valence-corrected chi connectivity index (χ3v) is 1.84. The zero-order valence-electron chi connectivity index (χ0n) is 9.20. The van der Waals surface area contributed by atoms with E-state index in [1.165, 1.54) is 0 Å². The first-order valence-electron chi connectivity index (χ1n) is 4.89. The summed E-state index contributed by atoms with van der Waals surface area (Å²) in [4.78, 5) is 3.99. The van der Waals surface area contributed by atoms with Crippen LogP contribution in [0.25, 0.3) is 0 Å². The van der Waals surface area contributed by atoms with E-state index in [4.69, 9.17) is 4.42 Å². The van der Waals surface area contributed by atoms with E-state index in [1.807, 2.05) is 12.1 Å². The summed E-state index contributed by atoms with van der Waals surface area (Å²) in [6.07, 6.45) is 2.11. The molecule has 0 radical (unpaired) electrons. The van der Waals surface area contributed by atoms with Crippen LogP contribution in [-0.2, 0) is 6.54 Å². The van der Waals surface area contributed by atoms with E-state index >= 15 is 0 Å². The molecule has 16 heavy (non-hydrogen) atoms. The van der Waals surface area contributed by atoms with Gasteiger partial charge in [-0.15, -0.1) is 24.0 Å². The van der Waals surface area contributed by atoms with Gasteiger partial charge >= 0.3 is 0 Å². The predicted molar refractivity (Wildman–Crippen MR) is 72.9 cm³/mol. The third-order valence-electron chi connectivity index (χ3n) is 1.84. The van der Waals surface area contributed by atoms with Gasteiger partial charge in [0.1, 0.15) is 5.76 Å². The molecule has 0 spiro atoms. The second-order valence-electron chi connectivity index (χ2n) is 2.97. The molecule has 0 aromatic carbocycles. The smallest absolute Gasteiger partial charge is 0.191 e. The molecule has 0 saturated heterocycles. The van der Waals surface area contributed by atoms with Gasteiger partial charge in [0.15, 0.2) is 5.96 Å². The van der Waals surface area contributed by atoms with E-state index in [0.717, 1.165) is 5.76 Å². The van der Waals surface area contributed by atoms with Crippen LogP contribution in [0.3, 0.4) is 0 Å². The Morgan fingerprint density at radius 1 is 1.50 bits per heavy atom. The normalized spacial score (nSPS) is 10.8. The largest absolute Gasteiger partial charge is 0.467 e. The Hall–Kier alpha value is -0.790. The van der Waals surface area contributed by atoms with Crippen molar-refractivity contribution in [1.29, 1.82) is 0 Å². The number of furan rings is 1. The molecule has 0 unspecified atom stereocenters. The van der Waals surface area contributed by atoms with E-state index in [2.05, 4.69) is 15.6 Å². The molecule has 92 valence electrons. The van der Waals surface area contributed by atoms with Gasteiger partial charge in [0.2, 0.25) is 0 Å². The lowest BCUT2D eigenvalue weighted by molar-refractivity contribution is 0.469. The molecule has 0 atom stereocenters. The predicted octanol–water partition coefficient (Wildman–Crippen LogP) is 1.92. The second-order valence-corrected chi connectivity index (χ2v) is 2.97. The highest BCUT2D eigenvalue weighted by Crippen LogP contribution is 1.97. The minimum absolute atomic E-state index is 0. The van der Waals surface area contributed by atoms with Gasteiger partial charge < -0.3 is 15.1 Å². The summed E-state index contributed by atoms with van der Waals surface area (Å²) in [5, 5.41) is 6.04. The van der Waals surface area contributed by atoms with Gasteiger partial charge in [-0.2, -0.15) is 0 Å². The van der Waals surface area contributed by atoms with Crippen molar-refractivity contribution < 1.29 is 8.81 Å². The molecule has 0 saturated carbocycles. The number of alkyl halides is 1. The number of hydrogen-bond donors (Lipinski definition) is 2. The molecule has 1 aromatic heterocycles. The van der Waals surface area contributed by atoms with Crippen LogP contribution in [0.5, 0.6) is 0 Å². The molecule has 2 N–H and O–H groups in total. The number of guanidine groups is 1. The molecule has 1 heterocycles. The van der Waals surface area contributed by atoms with Crippen LogP contribution in [0.1, 0.15) is 12.2 Å². The topological polar surface area (TPSA) is 49.6 Å². The van der Waals surface area contributed by atoms with Gasteiger partial charge in [-0.25, -0.2) is 0 Å². The van der Waals surface area contributed by atoms with Crippen molar-refractivity contribution in [3.05, 3.63) is 24.2 Å². The fourth-order valence-electron chi connectivity index (χ4n) is 1.08. The van der Waals surface area contributed by atoms with Crippen LogP contribution < -0.4 is 10.6 Å². The maximum Gasteiger partial charge on any atom is 0.191 e. The maximum absolute atomic E-state index is 11.8.